The molecular formula is C22H17Cl2N. The van der Waals surface area contributed by atoms with Gasteiger partial charge in [-0.25, -0.2) is 0 Å². The van der Waals surface area contributed by atoms with Crippen LogP contribution in [-0.4, -0.2) is 0 Å². The second-order valence-electron chi connectivity index (χ2n) is 6.86. The van der Waals surface area contributed by atoms with Crippen LogP contribution in [-0.2, 0) is 0 Å². The van der Waals surface area contributed by atoms with E-state index in [0.717, 1.165) is 22.0 Å². The molecule has 3 atom stereocenters. The maximum absolute atomic E-state index is 6.53. The predicted molar refractivity (Wildman–Crippen MR) is 107 cm³/mol. The van der Waals surface area contributed by atoms with Gasteiger partial charge in [-0.1, -0.05) is 71.8 Å². The zero-order valence-corrected chi connectivity index (χ0v) is 15.1. The molecular weight excluding hydrogens is 349 g/mol. The van der Waals surface area contributed by atoms with Gasteiger partial charge in [-0.2, -0.15) is 0 Å². The van der Waals surface area contributed by atoms with Gasteiger partial charge in [0.25, 0.3) is 0 Å². The fourth-order valence-electron chi connectivity index (χ4n) is 4.47. The summed E-state index contributed by atoms with van der Waals surface area (Å²) < 4.78 is 0. The second-order valence-corrected chi connectivity index (χ2v) is 7.67. The third kappa shape index (κ3) is 2.30. The lowest BCUT2D eigenvalue weighted by molar-refractivity contribution is 0.427. The number of nitrogens with one attached hydrogen (secondary N) is 1. The van der Waals surface area contributed by atoms with Gasteiger partial charge < -0.3 is 5.32 Å². The zero-order valence-electron chi connectivity index (χ0n) is 13.5. The SMILES string of the molecule is Clc1cccc(Cl)c1[C@@H]1Nc2ccc3ccccc3c2[C@H]2C=CC[C@@H]21. The Bertz CT molecular complexity index is 988. The summed E-state index contributed by atoms with van der Waals surface area (Å²) in [7, 11) is 0. The van der Waals surface area contributed by atoms with Crippen molar-refractivity contribution in [3.63, 3.8) is 0 Å². The highest BCUT2D eigenvalue weighted by atomic mass is 35.5. The van der Waals surface area contributed by atoms with E-state index in [-0.39, 0.29) is 6.04 Å². The number of rotatable bonds is 1. The maximum Gasteiger partial charge on any atom is 0.0583 e. The van der Waals surface area contributed by atoms with E-state index in [1.54, 1.807) is 0 Å². The van der Waals surface area contributed by atoms with Crippen molar-refractivity contribution in [2.45, 2.75) is 18.4 Å². The van der Waals surface area contributed by atoms with Gasteiger partial charge in [0.2, 0.25) is 0 Å². The first-order valence-electron chi connectivity index (χ1n) is 8.63. The Kier molecular flexibility index (Phi) is 3.55. The number of allylic oxidation sites excluding steroid dienone is 2. The smallest absolute Gasteiger partial charge is 0.0583 e. The quantitative estimate of drug-likeness (QED) is 0.459. The van der Waals surface area contributed by atoms with Gasteiger partial charge in [0.1, 0.15) is 0 Å². The van der Waals surface area contributed by atoms with Crippen LogP contribution in [0.1, 0.15) is 29.5 Å². The fraction of sp³-hybridized carbons (Fsp3) is 0.182. The van der Waals surface area contributed by atoms with Gasteiger partial charge >= 0.3 is 0 Å². The zero-order chi connectivity index (χ0) is 17.0. The van der Waals surface area contributed by atoms with Crippen LogP contribution < -0.4 is 5.32 Å². The Morgan fingerprint density at radius 3 is 2.48 bits per heavy atom. The van der Waals surface area contributed by atoms with Crippen molar-refractivity contribution in [3.05, 3.63) is 87.9 Å². The highest BCUT2D eigenvalue weighted by Gasteiger charge is 2.40. The molecule has 3 aromatic carbocycles. The van der Waals surface area contributed by atoms with Crippen molar-refractivity contribution in [1.82, 2.24) is 0 Å². The van der Waals surface area contributed by atoms with Crippen molar-refractivity contribution in [3.8, 4) is 0 Å². The van der Waals surface area contributed by atoms with Crippen molar-refractivity contribution in [2.24, 2.45) is 5.92 Å². The standard InChI is InChI=1S/C22H17Cl2N/c23-17-9-4-10-18(24)21(17)22-16-8-3-7-15(16)20-14-6-2-1-5-13(14)11-12-19(20)25-22/h1-7,9-12,15-16,22,25H,8H2/t15-,16-,22+/m0/s1. The number of fused-ring (bicyclic) bond motifs is 5. The van der Waals surface area contributed by atoms with Gasteiger partial charge in [0.05, 0.1) is 6.04 Å². The van der Waals surface area contributed by atoms with E-state index >= 15 is 0 Å². The van der Waals surface area contributed by atoms with E-state index in [2.05, 4.69) is 53.9 Å². The minimum Gasteiger partial charge on any atom is -0.378 e. The summed E-state index contributed by atoms with van der Waals surface area (Å²) in [5.74, 6) is 0.815. The molecule has 3 heteroatoms. The molecule has 1 nitrogen and oxygen atoms in total. The van der Waals surface area contributed by atoms with E-state index in [1.807, 2.05) is 18.2 Å². The molecule has 0 bridgehead atoms. The lowest BCUT2D eigenvalue weighted by Crippen LogP contribution is -2.29. The fourth-order valence-corrected chi connectivity index (χ4v) is 5.11. The molecule has 1 N–H and O–H groups in total. The Morgan fingerprint density at radius 2 is 1.64 bits per heavy atom. The molecule has 1 aliphatic carbocycles. The summed E-state index contributed by atoms with van der Waals surface area (Å²) in [5, 5.41) is 7.84. The summed E-state index contributed by atoms with van der Waals surface area (Å²) in [4.78, 5) is 0. The van der Waals surface area contributed by atoms with Gasteiger partial charge in [-0.05, 0) is 46.9 Å². The molecule has 0 amide bonds. The first-order valence-corrected chi connectivity index (χ1v) is 9.38. The van der Waals surface area contributed by atoms with Crippen LogP contribution in [0.5, 0.6) is 0 Å². The van der Waals surface area contributed by atoms with Crippen molar-refractivity contribution in [2.75, 3.05) is 5.32 Å². The van der Waals surface area contributed by atoms with E-state index in [9.17, 15) is 0 Å². The van der Waals surface area contributed by atoms with Gasteiger partial charge in [0, 0.05) is 27.2 Å². The molecule has 5 rings (SSSR count). The van der Waals surface area contributed by atoms with Crippen LogP contribution in [0.2, 0.25) is 10.0 Å². The van der Waals surface area contributed by atoms with Gasteiger partial charge in [0.15, 0.2) is 0 Å². The van der Waals surface area contributed by atoms with Crippen molar-refractivity contribution >= 4 is 39.7 Å². The molecule has 0 spiro atoms. The highest BCUT2D eigenvalue weighted by molar-refractivity contribution is 6.36. The normalized spacial score (nSPS) is 24.0. The van der Waals surface area contributed by atoms with Gasteiger partial charge in [-0.3, -0.25) is 0 Å². The molecule has 124 valence electrons. The average Bonchev–Trinajstić information content (AvgIpc) is 3.11. The largest absolute Gasteiger partial charge is 0.378 e. The van der Waals surface area contributed by atoms with Crippen LogP contribution in [0, 0.1) is 5.92 Å². The third-order valence-corrected chi connectivity index (χ3v) is 6.23. The minimum absolute atomic E-state index is 0.120. The van der Waals surface area contributed by atoms with Crippen LogP contribution >= 0.6 is 23.2 Å². The summed E-state index contributed by atoms with van der Waals surface area (Å²) in [6.45, 7) is 0. The third-order valence-electron chi connectivity index (χ3n) is 5.57. The summed E-state index contributed by atoms with van der Waals surface area (Å²) in [6, 6.07) is 18.9. The van der Waals surface area contributed by atoms with E-state index in [1.165, 1.54) is 22.0 Å². The van der Waals surface area contributed by atoms with Gasteiger partial charge in [-0.15, -0.1) is 0 Å². The Hall–Kier alpha value is -1.96. The lowest BCUT2D eigenvalue weighted by atomic mass is 9.75. The summed E-state index contributed by atoms with van der Waals surface area (Å²) in [5.41, 5.74) is 3.60. The molecule has 1 aliphatic heterocycles. The molecule has 0 saturated heterocycles. The molecule has 2 aliphatic rings. The molecule has 0 saturated carbocycles. The van der Waals surface area contributed by atoms with Crippen LogP contribution in [0.25, 0.3) is 10.8 Å². The Morgan fingerprint density at radius 1 is 0.840 bits per heavy atom. The predicted octanol–water partition coefficient (Wildman–Crippen LogP) is 6.97. The lowest BCUT2D eigenvalue weighted by Gasteiger charge is -2.38. The van der Waals surface area contributed by atoms with Crippen molar-refractivity contribution in [1.29, 1.82) is 0 Å². The van der Waals surface area contributed by atoms with E-state index in [4.69, 9.17) is 23.2 Å². The topological polar surface area (TPSA) is 12.0 Å². The monoisotopic (exact) mass is 365 g/mol. The van der Waals surface area contributed by atoms with E-state index in [0.29, 0.717) is 11.8 Å². The molecule has 0 unspecified atom stereocenters. The van der Waals surface area contributed by atoms with Crippen molar-refractivity contribution < 1.29 is 0 Å². The van der Waals surface area contributed by atoms with Crippen LogP contribution in [0.4, 0.5) is 5.69 Å². The highest BCUT2D eigenvalue weighted by Crippen LogP contribution is 2.53. The second kappa shape index (κ2) is 5.79. The Labute approximate surface area is 157 Å². The molecule has 0 fully saturated rings. The molecule has 3 aromatic rings. The Balaban J connectivity index is 1.72. The number of benzene rings is 3. The first kappa shape index (κ1) is 15.3. The molecule has 0 radical (unpaired) electrons. The number of hydrogen-bond donors (Lipinski definition) is 1. The molecule has 25 heavy (non-hydrogen) atoms. The number of halogens is 2. The first-order chi connectivity index (χ1) is 12.2. The summed E-state index contributed by atoms with van der Waals surface area (Å²) >= 11 is 13.1. The summed E-state index contributed by atoms with van der Waals surface area (Å²) in [6.07, 6.45) is 5.69. The number of anilines is 1. The van der Waals surface area contributed by atoms with Crippen LogP contribution in [0.15, 0.2) is 66.7 Å². The maximum atomic E-state index is 6.53. The average molecular weight is 366 g/mol. The number of hydrogen-bond acceptors (Lipinski definition) is 1. The molecule has 0 aromatic heterocycles. The van der Waals surface area contributed by atoms with Crippen LogP contribution in [0.3, 0.4) is 0 Å². The van der Waals surface area contributed by atoms with E-state index < -0.39 is 0 Å². The molecule has 1 heterocycles. The minimum atomic E-state index is 0.120.